The van der Waals surface area contributed by atoms with Crippen LogP contribution in [0.25, 0.3) is 11.0 Å². The van der Waals surface area contributed by atoms with E-state index in [0.29, 0.717) is 35.1 Å². The highest BCUT2D eigenvalue weighted by molar-refractivity contribution is 5.95. The molecule has 0 bridgehead atoms. The molecule has 0 fully saturated rings. The standard InChI is InChI=1S/C27H30FN5O2/c1-5-34-20-13-22(25(28)23(14-20)35-16(2)3)33(19-11-9-18(10-12-19)27(29)30)15-24-31-21-8-6-7-17(4)26(21)32-24/h6-14,16H,5,15H2,1-4H3,(H3,29,30)(H,31,32). The van der Waals surface area contributed by atoms with Crippen LogP contribution in [0.4, 0.5) is 15.8 Å². The molecule has 0 spiro atoms. The molecule has 0 atom stereocenters. The van der Waals surface area contributed by atoms with Gasteiger partial charge < -0.3 is 25.1 Å². The number of benzene rings is 3. The van der Waals surface area contributed by atoms with E-state index in [2.05, 4.69) is 4.98 Å². The summed E-state index contributed by atoms with van der Waals surface area (Å²) in [7, 11) is 0. The molecule has 7 nitrogen and oxygen atoms in total. The lowest BCUT2D eigenvalue weighted by molar-refractivity contribution is 0.229. The van der Waals surface area contributed by atoms with Crippen molar-refractivity contribution in [3.63, 3.8) is 0 Å². The van der Waals surface area contributed by atoms with Gasteiger partial charge in [-0.1, -0.05) is 12.1 Å². The van der Waals surface area contributed by atoms with Crippen molar-refractivity contribution in [2.45, 2.75) is 40.3 Å². The zero-order valence-corrected chi connectivity index (χ0v) is 20.4. The third-order valence-corrected chi connectivity index (χ3v) is 5.52. The predicted molar refractivity (Wildman–Crippen MR) is 137 cm³/mol. The van der Waals surface area contributed by atoms with Crippen molar-refractivity contribution in [1.29, 1.82) is 5.41 Å². The molecule has 3 aromatic carbocycles. The second-order valence-corrected chi connectivity index (χ2v) is 8.56. The van der Waals surface area contributed by atoms with Crippen LogP contribution < -0.4 is 20.1 Å². The predicted octanol–water partition coefficient (Wildman–Crippen LogP) is 5.82. The fourth-order valence-electron chi connectivity index (χ4n) is 3.93. The van der Waals surface area contributed by atoms with Crippen molar-refractivity contribution in [1.82, 2.24) is 9.97 Å². The number of fused-ring (bicyclic) bond motifs is 1. The first kappa shape index (κ1) is 24.1. The molecule has 4 N–H and O–H groups in total. The maximum Gasteiger partial charge on any atom is 0.188 e. The molecule has 4 aromatic rings. The number of nitrogen functional groups attached to an aromatic ring is 1. The van der Waals surface area contributed by atoms with Crippen LogP contribution in [0.5, 0.6) is 11.5 Å². The van der Waals surface area contributed by atoms with Crippen molar-refractivity contribution >= 4 is 28.2 Å². The van der Waals surface area contributed by atoms with Crippen LogP contribution in [0.15, 0.2) is 54.6 Å². The van der Waals surface area contributed by atoms with Gasteiger partial charge in [0.1, 0.15) is 17.4 Å². The lowest BCUT2D eigenvalue weighted by Crippen LogP contribution is -2.20. The number of hydrogen-bond acceptors (Lipinski definition) is 5. The monoisotopic (exact) mass is 475 g/mol. The average molecular weight is 476 g/mol. The number of aromatic nitrogens is 2. The maximum absolute atomic E-state index is 15.9. The third-order valence-electron chi connectivity index (χ3n) is 5.52. The molecule has 0 amide bonds. The quantitative estimate of drug-likeness (QED) is 0.209. The molecule has 0 aliphatic heterocycles. The topological polar surface area (TPSA) is 100 Å². The van der Waals surface area contributed by atoms with E-state index in [1.54, 1.807) is 36.4 Å². The summed E-state index contributed by atoms with van der Waals surface area (Å²) in [5.41, 5.74) is 10.1. The summed E-state index contributed by atoms with van der Waals surface area (Å²) < 4.78 is 27.4. The Morgan fingerprint density at radius 2 is 1.91 bits per heavy atom. The van der Waals surface area contributed by atoms with Crippen molar-refractivity contribution in [3.8, 4) is 11.5 Å². The molecular formula is C27H30FN5O2. The number of nitrogens with zero attached hydrogens (tertiary/aromatic N) is 2. The zero-order valence-electron chi connectivity index (χ0n) is 20.4. The number of nitrogens with one attached hydrogen (secondary N) is 2. The molecule has 1 heterocycles. The van der Waals surface area contributed by atoms with Gasteiger partial charge in [-0.15, -0.1) is 0 Å². The summed E-state index contributed by atoms with van der Waals surface area (Å²) in [5, 5.41) is 7.70. The fraction of sp³-hybridized carbons (Fsp3) is 0.259. The van der Waals surface area contributed by atoms with Gasteiger partial charge in [0.25, 0.3) is 0 Å². The number of para-hydroxylation sites is 1. The number of nitrogens with two attached hydrogens (primary N) is 1. The number of rotatable bonds is 9. The van der Waals surface area contributed by atoms with Crippen molar-refractivity contribution in [3.05, 3.63) is 77.4 Å². The Hall–Kier alpha value is -4.07. The molecule has 0 saturated carbocycles. The van der Waals surface area contributed by atoms with Gasteiger partial charge >= 0.3 is 0 Å². The summed E-state index contributed by atoms with van der Waals surface area (Å²) in [4.78, 5) is 9.93. The molecule has 0 radical (unpaired) electrons. The van der Waals surface area contributed by atoms with E-state index in [9.17, 15) is 0 Å². The summed E-state index contributed by atoms with van der Waals surface area (Å²) >= 11 is 0. The number of H-pyrrole nitrogens is 1. The summed E-state index contributed by atoms with van der Waals surface area (Å²) in [6.45, 7) is 8.28. The van der Waals surface area contributed by atoms with Crippen LogP contribution in [0.2, 0.25) is 0 Å². The number of amidine groups is 1. The molecule has 0 unspecified atom stereocenters. The van der Waals surface area contributed by atoms with Gasteiger partial charge in [-0.2, -0.15) is 0 Å². The molecule has 0 saturated heterocycles. The van der Waals surface area contributed by atoms with Gasteiger partial charge in [-0.3, -0.25) is 5.41 Å². The van der Waals surface area contributed by atoms with E-state index in [1.807, 2.05) is 50.8 Å². The van der Waals surface area contributed by atoms with Crippen molar-refractivity contribution in [2.24, 2.45) is 5.73 Å². The second kappa shape index (κ2) is 10.0. The van der Waals surface area contributed by atoms with Gasteiger partial charge in [0, 0.05) is 23.4 Å². The molecule has 4 rings (SSSR count). The molecule has 8 heteroatoms. The number of anilines is 2. The SMILES string of the molecule is CCOc1cc(OC(C)C)c(F)c(N(Cc2nc3c(C)cccc3[nH]2)c2ccc(C(=N)N)cc2)c1. The van der Waals surface area contributed by atoms with E-state index < -0.39 is 5.82 Å². The zero-order chi connectivity index (χ0) is 25.1. The Morgan fingerprint density at radius 3 is 2.54 bits per heavy atom. The van der Waals surface area contributed by atoms with E-state index in [0.717, 1.165) is 16.6 Å². The number of hydrogen-bond donors (Lipinski definition) is 3. The number of ether oxygens (including phenoxy) is 2. The second-order valence-electron chi connectivity index (χ2n) is 8.56. The molecule has 182 valence electrons. The minimum atomic E-state index is -0.495. The van der Waals surface area contributed by atoms with E-state index in [1.165, 1.54) is 0 Å². The van der Waals surface area contributed by atoms with Gasteiger partial charge in [-0.05, 0) is 63.6 Å². The van der Waals surface area contributed by atoms with Crippen LogP contribution in [0, 0.1) is 18.2 Å². The molecule has 0 aliphatic carbocycles. The van der Waals surface area contributed by atoms with Gasteiger partial charge in [0.2, 0.25) is 0 Å². The third kappa shape index (κ3) is 5.21. The van der Waals surface area contributed by atoms with Gasteiger partial charge in [-0.25, -0.2) is 9.37 Å². The summed E-state index contributed by atoms with van der Waals surface area (Å²) in [6.07, 6.45) is -0.212. The largest absolute Gasteiger partial charge is 0.494 e. The Labute approximate surface area is 204 Å². The Bertz CT molecular complexity index is 1350. The summed E-state index contributed by atoms with van der Waals surface area (Å²) in [6, 6.07) is 16.3. The van der Waals surface area contributed by atoms with Crippen LogP contribution in [0.1, 0.15) is 37.7 Å². The van der Waals surface area contributed by atoms with Crippen LogP contribution in [-0.2, 0) is 6.54 Å². The average Bonchev–Trinajstić information content (AvgIpc) is 3.24. The normalized spacial score (nSPS) is 11.1. The smallest absolute Gasteiger partial charge is 0.188 e. The first-order chi connectivity index (χ1) is 16.8. The highest BCUT2D eigenvalue weighted by Crippen LogP contribution is 2.38. The fourth-order valence-corrected chi connectivity index (χ4v) is 3.93. The Morgan fingerprint density at radius 1 is 1.17 bits per heavy atom. The minimum absolute atomic E-state index is 0.0343. The first-order valence-electron chi connectivity index (χ1n) is 11.6. The van der Waals surface area contributed by atoms with Crippen molar-refractivity contribution in [2.75, 3.05) is 11.5 Å². The van der Waals surface area contributed by atoms with Gasteiger partial charge in [0.05, 0.1) is 36.0 Å². The summed E-state index contributed by atoms with van der Waals surface area (Å²) in [5.74, 6) is 0.771. The van der Waals surface area contributed by atoms with E-state index in [-0.39, 0.29) is 24.2 Å². The minimum Gasteiger partial charge on any atom is -0.494 e. The molecule has 0 aliphatic rings. The Balaban J connectivity index is 1.85. The van der Waals surface area contributed by atoms with E-state index in [4.69, 9.17) is 25.6 Å². The van der Waals surface area contributed by atoms with Gasteiger partial charge in [0.15, 0.2) is 11.6 Å². The number of aromatic amines is 1. The van der Waals surface area contributed by atoms with E-state index >= 15 is 4.39 Å². The molecule has 1 aromatic heterocycles. The maximum atomic E-state index is 15.9. The molecular weight excluding hydrogens is 445 g/mol. The first-order valence-corrected chi connectivity index (χ1v) is 11.6. The number of halogens is 1. The highest BCUT2D eigenvalue weighted by atomic mass is 19.1. The lowest BCUT2D eigenvalue weighted by Gasteiger charge is -2.26. The number of aryl methyl sites for hydroxylation is 1. The number of imidazole rings is 1. The van der Waals surface area contributed by atoms with Crippen LogP contribution in [0.3, 0.4) is 0 Å². The van der Waals surface area contributed by atoms with Crippen LogP contribution >= 0.6 is 0 Å². The van der Waals surface area contributed by atoms with Crippen molar-refractivity contribution < 1.29 is 13.9 Å². The van der Waals surface area contributed by atoms with Crippen LogP contribution in [-0.4, -0.2) is 28.5 Å². The molecule has 35 heavy (non-hydrogen) atoms. The lowest BCUT2D eigenvalue weighted by atomic mass is 10.1. The highest BCUT2D eigenvalue weighted by Gasteiger charge is 2.22. The Kier molecular flexibility index (Phi) is 6.91.